The summed E-state index contributed by atoms with van der Waals surface area (Å²) in [7, 11) is 3.58. The lowest BCUT2D eigenvalue weighted by molar-refractivity contribution is 0.0970. The summed E-state index contributed by atoms with van der Waals surface area (Å²) < 4.78 is 38.9. The number of amides is 1. The Morgan fingerprint density at radius 3 is 2.31 bits per heavy atom. The number of methoxy groups -OCH3 is 1. The molecule has 0 saturated heterocycles. The van der Waals surface area contributed by atoms with E-state index in [4.69, 9.17) is 29.5 Å². The molecule has 3 N–H and O–H groups in total. The number of nitrogens with one attached hydrogen (secondary N) is 3. The lowest BCUT2D eigenvalue weighted by Crippen LogP contribution is -2.34. The Morgan fingerprint density at radius 2 is 1.67 bits per heavy atom. The van der Waals surface area contributed by atoms with Gasteiger partial charge >= 0.3 is 0 Å². The van der Waals surface area contributed by atoms with E-state index in [1.54, 1.807) is 31.4 Å². The summed E-state index contributed by atoms with van der Waals surface area (Å²) in [6.07, 6.45) is 0. The average Bonchev–Trinajstić information content (AvgIpc) is 2.83. The van der Waals surface area contributed by atoms with Gasteiger partial charge in [-0.05, 0) is 67.5 Å². The molecule has 11 heteroatoms. The molecular weight excluding hydrogens is 497 g/mol. The van der Waals surface area contributed by atoms with Crippen molar-refractivity contribution in [2.75, 3.05) is 30.4 Å². The minimum Gasteiger partial charge on any atom is -0.490 e. The second kappa shape index (κ2) is 12.0. The fourth-order valence-corrected chi connectivity index (χ4v) is 4.72. The largest absolute Gasteiger partial charge is 0.490 e. The third-order valence-electron chi connectivity index (χ3n) is 5.16. The van der Waals surface area contributed by atoms with Crippen LogP contribution >= 0.6 is 12.2 Å². The molecule has 3 rings (SSSR count). The zero-order chi connectivity index (χ0) is 26.3. The SMILES string of the molecule is [B]c1ccc(OCCOC)c(C(=O)NC(=S)Nc2ccc(S(=O)(=O)Nc3c(C)cccc3C)cc2)c1. The van der Waals surface area contributed by atoms with Crippen LogP contribution < -0.4 is 25.6 Å². The molecule has 3 aromatic carbocycles. The molecule has 0 saturated carbocycles. The van der Waals surface area contributed by atoms with Gasteiger partial charge in [-0.2, -0.15) is 0 Å². The molecule has 0 aliphatic carbocycles. The first-order valence-corrected chi connectivity index (χ1v) is 12.8. The van der Waals surface area contributed by atoms with Crippen molar-refractivity contribution >= 4 is 57.9 Å². The van der Waals surface area contributed by atoms with Crippen LogP contribution in [0.15, 0.2) is 65.6 Å². The summed E-state index contributed by atoms with van der Waals surface area (Å²) in [5.41, 5.74) is 3.31. The smallest absolute Gasteiger partial charge is 0.261 e. The maximum absolute atomic E-state index is 12.9. The second-order valence-corrected chi connectivity index (χ2v) is 9.99. The van der Waals surface area contributed by atoms with E-state index in [9.17, 15) is 13.2 Å². The van der Waals surface area contributed by atoms with Crippen molar-refractivity contribution in [3.05, 3.63) is 77.4 Å². The van der Waals surface area contributed by atoms with Gasteiger partial charge in [-0.1, -0.05) is 35.8 Å². The summed E-state index contributed by atoms with van der Waals surface area (Å²) >= 11 is 5.25. The number of hydrogen-bond donors (Lipinski definition) is 3. The van der Waals surface area contributed by atoms with Gasteiger partial charge in [-0.15, -0.1) is 0 Å². The molecule has 1 amide bonds. The molecule has 36 heavy (non-hydrogen) atoms. The van der Waals surface area contributed by atoms with E-state index >= 15 is 0 Å². The van der Waals surface area contributed by atoms with Gasteiger partial charge in [0, 0.05) is 12.8 Å². The zero-order valence-electron chi connectivity index (χ0n) is 20.1. The van der Waals surface area contributed by atoms with Crippen LogP contribution in [0.3, 0.4) is 0 Å². The first-order chi connectivity index (χ1) is 17.1. The van der Waals surface area contributed by atoms with Gasteiger partial charge in [0.2, 0.25) is 0 Å². The zero-order valence-corrected chi connectivity index (χ0v) is 21.8. The van der Waals surface area contributed by atoms with E-state index in [1.165, 1.54) is 18.2 Å². The Kier molecular flexibility index (Phi) is 9.08. The van der Waals surface area contributed by atoms with E-state index < -0.39 is 15.9 Å². The second-order valence-electron chi connectivity index (χ2n) is 7.90. The first kappa shape index (κ1) is 27.2. The summed E-state index contributed by atoms with van der Waals surface area (Å²) in [5, 5.41) is 5.47. The van der Waals surface area contributed by atoms with Crippen molar-refractivity contribution in [3.63, 3.8) is 0 Å². The molecule has 0 aliphatic rings. The molecule has 0 aromatic heterocycles. The van der Waals surface area contributed by atoms with Gasteiger partial charge in [0.1, 0.15) is 20.2 Å². The van der Waals surface area contributed by atoms with E-state index in [0.717, 1.165) is 11.1 Å². The molecule has 0 aliphatic heterocycles. The lowest BCUT2D eigenvalue weighted by atomic mass is 9.94. The molecule has 0 unspecified atom stereocenters. The minimum atomic E-state index is -3.79. The highest BCUT2D eigenvalue weighted by atomic mass is 32.2. The molecular formula is C25H26BN3O5S2. The van der Waals surface area contributed by atoms with Crippen molar-refractivity contribution in [1.29, 1.82) is 0 Å². The Balaban J connectivity index is 1.66. The molecule has 0 heterocycles. The van der Waals surface area contributed by atoms with Crippen LogP contribution in [0.4, 0.5) is 11.4 Å². The van der Waals surface area contributed by atoms with Crippen LogP contribution in [-0.4, -0.2) is 47.6 Å². The number of thiocarbonyl (C=S) groups is 1. The van der Waals surface area contributed by atoms with Gasteiger partial charge in [-0.3, -0.25) is 14.8 Å². The number of para-hydroxylation sites is 1. The fraction of sp³-hybridized carbons (Fsp3) is 0.200. The average molecular weight is 523 g/mol. The Bertz CT molecular complexity index is 1340. The van der Waals surface area contributed by atoms with Crippen molar-refractivity contribution in [2.45, 2.75) is 18.7 Å². The molecule has 3 aromatic rings. The maximum atomic E-state index is 12.9. The van der Waals surface area contributed by atoms with Crippen LogP contribution in [0.2, 0.25) is 0 Å². The molecule has 0 fully saturated rings. The minimum absolute atomic E-state index is 0.0227. The van der Waals surface area contributed by atoms with Crippen molar-refractivity contribution in [2.24, 2.45) is 0 Å². The van der Waals surface area contributed by atoms with Crippen molar-refractivity contribution < 1.29 is 22.7 Å². The lowest BCUT2D eigenvalue weighted by Gasteiger charge is -2.15. The van der Waals surface area contributed by atoms with Crippen LogP contribution in [0.5, 0.6) is 5.75 Å². The summed E-state index contributed by atoms with van der Waals surface area (Å²) in [6, 6.07) is 16.3. The normalized spacial score (nSPS) is 11.0. The number of benzene rings is 3. The highest BCUT2D eigenvalue weighted by molar-refractivity contribution is 7.92. The van der Waals surface area contributed by atoms with Gasteiger partial charge in [0.05, 0.1) is 22.8 Å². The van der Waals surface area contributed by atoms with Crippen LogP contribution in [0, 0.1) is 13.8 Å². The topological polar surface area (TPSA) is 106 Å². The monoisotopic (exact) mass is 523 g/mol. The highest BCUT2D eigenvalue weighted by Gasteiger charge is 2.17. The summed E-state index contributed by atoms with van der Waals surface area (Å²) in [6.45, 7) is 4.30. The van der Waals surface area contributed by atoms with E-state index in [2.05, 4.69) is 15.4 Å². The predicted octanol–water partition coefficient (Wildman–Crippen LogP) is 3.05. The van der Waals surface area contributed by atoms with Crippen LogP contribution in [0.1, 0.15) is 21.5 Å². The summed E-state index contributed by atoms with van der Waals surface area (Å²) in [4.78, 5) is 12.9. The van der Waals surface area contributed by atoms with Crippen LogP contribution in [0.25, 0.3) is 0 Å². The Labute approximate surface area is 217 Å². The standard InChI is InChI=1S/C25H26BN3O5S2/c1-16-5-4-6-17(2)23(16)29-36(31,32)20-10-8-19(9-11-20)27-25(35)28-24(30)21-15-18(26)7-12-22(21)34-14-13-33-3/h4-12,15,29H,13-14H2,1-3H3,(H2,27,28,30,35). The van der Waals surface area contributed by atoms with Gasteiger partial charge in [0.25, 0.3) is 15.9 Å². The molecule has 186 valence electrons. The number of hydrogen-bond acceptors (Lipinski definition) is 6. The number of carbonyl (C=O) groups excluding carboxylic acids is 1. The summed E-state index contributed by atoms with van der Waals surface area (Å²) in [5.74, 6) is -0.170. The Morgan fingerprint density at radius 1 is 1.00 bits per heavy atom. The number of anilines is 2. The molecule has 0 bridgehead atoms. The van der Waals surface area contributed by atoms with E-state index in [0.29, 0.717) is 29.2 Å². The highest BCUT2D eigenvalue weighted by Crippen LogP contribution is 2.24. The van der Waals surface area contributed by atoms with Crippen molar-refractivity contribution in [3.8, 4) is 5.75 Å². The van der Waals surface area contributed by atoms with E-state index in [1.807, 2.05) is 32.0 Å². The van der Waals surface area contributed by atoms with E-state index in [-0.39, 0.29) is 22.2 Å². The molecule has 0 atom stereocenters. The maximum Gasteiger partial charge on any atom is 0.261 e. The number of carbonyl (C=O) groups is 1. The molecule has 8 nitrogen and oxygen atoms in total. The predicted molar refractivity (Wildman–Crippen MR) is 146 cm³/mol. The molecule has 2 radical (unpaired) electrons. The van der Waals surface area contributed by atoms with Gasteiger partial charge in [0.15, 0.2) is 5.11 Å². The number of aryl methyl sites for hydroxylation is 2. The van der Waals surface area contributed by atoms with Crippen molar-refractivity contribution in [1.82, 2.24) is 5.32 Å². The molecule has 0 spiro atoms. The third-order valence-corrected chi connectivity index (χ3v) is 6.73. The number of sulfonamides is 1. The fourth-order valence-electron chi connectivity index (χ4n) is 3.30. The third kappa shape index (κ3) is 7.06. The quantitative estimate of drug-likeness (QED) is 0.225. The van der Waals surface area contributed by atoms with Gasteiger partial charge in [-0.25, -0.2) is 8.42 Å². The number of rotatable bonds is 9. The van der Waals surface area contributed by atoms with Gasteiger partial charge < -0.3 is 14.8 Å². The van der Waals surface area contributed by atoms with Crippen LogP contribution in [-0.2, 0) is 14.8 Å². The first-order valence-electron chi connectivity index (χ1n) is 10.9. The Hall–Kier alpha value is -3.41. The number of ether oxygens (including phenoxy) is 2.